The van der Waals surface area contributed by atoms with E-state index in [4.69, 9.17) is 11.6 Å². The average molecular weight is 506 g/mol. The molecule has 4 rings (SSSR count). The molecule has 0 radical (unpaired) electrons. The molecule has 0 saturated carbocycles. The molecule has 34 heavy (non-hydrogen) atoms. The van der Waals surface area contributed by atoms with E-state index in [1.807, 2.05) is 0 Å². The number of nitro benzene ring substituents is 1. The first kappa shape index (κ1) is 23.8. The molecule has 0 aliphatic carbocycles. The van der Waals surface area contributed by atoms with Crippen molar-refractivity contribution in [3.8, 4) is 0 Å². The Hall–Kier alpha value is -3.35. The quantitative estimate of drug-likeness (QED) is 0.400. The predicted octanol–water partition coefficient (Wildman–Crippen LogP) is 2.77. The highest BCUT2D eigenvalue weighted by Gasteiger charge is 2.26. The van der Waals surface area contributed by atoms with Gasteiger partial charge in [0.05, 0.1) is 37.8 Å². The standard InChI is InChI=1S/C21H20ClN5O6S/c22-17-6-5-15(34(32,33)26-8-2-1-3-9-26)11-19(17)24-20(28)12-25-13-23-18-7-4-14(27(30)31)10-16(18)21(25)29/h4-7,10-11,13H,1-3,8-9,12H2,(H,24,28). The van der Waals surface area contributed by atoms with Crippen molar-refractivity contribution >= 4 is 49.8 Å². The van der Waals surface area contributed by atoms with Gasteiger partial charge in [-0.3, -0.25) is 24.3 Å². The van der Waals surface area contributed by atoms with E-state index in [2.05, 4.69) is 10.3 Å². The number of sulfonamides is 1. The first-order valence-electron chi connectivity index (χ1n) is 10.4. The van der Waals surface area contributed by atoms with Crippen LogP contribution in [0.25, 0.3) is 10.9 Å². The molecule has 1 aliphatic heterocycles. The molecule has 1 aliphatic rings. The summed E-state index contributed by atoms with van der Waals surface area (Å²) >= 11 is 6.17. The van der Waals surface area contributed by atoms with E-state index in [1.165, 1.54) is 34.6 Å². The van der Waals surface area contributed by atoms with Crippen molar-refractivity contribution in [1.82, 2.24) is 13.9 Å². The number of carbonyl (C=O) groups excluding carboxylic acids is 1. The largest absolute Gasteiger partial charge is 0.323 e. The molecule has 0 atom stereocenters. The maximum Gasteiger partial charge on any atom is 0.270 e. The zero-order valence-electron chi connectivity index (χ0n) is 17.8. The van der Waals surface area contributed by atoms with Gasteiger partial charge in [-0.15, -0.1) is 0 Å². The van der Waals surface area contributed by atoms with Gasteiger partial charge in [-0.1, -0.05) is 18.0 Å². The number of carbonyl (C=O) groups is 1. The van der Waals surface area contributed by atoms with Gasteiger partial charge in [0.1, 0.15) is 6.54 Å². The summed E-state index contributed by atoms with van der Waals surface area (Å²) in [5.41, 5.74) is -0.559. The Morgan fingerprint density at radius 1 is 1.15 bits per heavy atom. The number of halogens is 1. The molecule has 2 aromatic carbocycles. The van der Waals surface area contributed by atoms with E-state index in [9.17, 15) is 28.1 Å². The van der Waals surface area contributed by atoms with E-state index in [0.29, 0.717) is 13.1 Å². The normalized spacial score (nSPS) is 14.7. The Kier molecular flexibility index (Phi) is 6.64. The van der Waals surface area contributed by atoms with Crippen molar-refractivity contribution in [2.75, 3.05) is 18.4 Å². The number of fused-ring (bicyclic) bond motifs is 1. The van der Waals surface area contributed by atoms with Crippen LogP contribution in [0.4, 0.5) is 11.4 Å². The Morgan fingerprint density at radius 2 is 1.88 bits per heavy atom. The van der Waals surface area contributed by atoms with Gasteiger partial charge in [0.2, 0.25) is 15.9 Å². The minimum atomic E-state index is -3.73. The number of nitrogens with zero attached hydrogens (tertiary/aromatic N) is 4. The molecular formula is C21H20ClN5O6S. The van der Waals surface area contributed by atoms with E-state index >= 15 is 0 Å². The highest BCUT2D eigenvalue weighted by Crippen LogP contribution is 2.28. The van der Waals surface area contributed by atoms with E-state index in [0.717, 1.165) is 36.2 Å². The van der Waals surface area contributed by atoms with Gasteiger partial charge in [0.15, 0.2) is 0 Å². The summed E-state index contributed by atoms with van der Waals surface area (Å²) in [6.07, 6.45) is 3.71. The summed E-state index contributed by atoms with van der Waals surface area (Å²) in [5.74, 6) is -0.650. The molecule has 2 heterocycles. The van der Waals surface area contributed by atoms with Crippen LogP contribution in [0.5, 0.6) is 0 Å². The number of aromatic nitrogens is 2. The Morgan fingerprint density at radius 3 is 2.59 bits per heavy atom. The number of non-ortho nitro benzene ring substituents is 1. The maximum absolute atomic E-state index is 12.9. The number of nitro groups is 1. The summed E-state index contributed by atoms with van der Waals surface area (Å²) in [6, 6.07) is 7.75. The molecule has 11 nitrogen and oxygen atoms in total. The van der Waals surface area contributed by atoms with Crippen LogP contribution in [0.15, 0.2) is 52.4 Å². The zero-order valence-corrected chi connectivity index (χ0v) is 19.4. The highest BCUT2D eigenvalue weighted by molar-refractivity contribution is 7.89. The smallest absolute Gasteiger partial charge is 0.270 e. The number of piperidine rings is 1. The Balaban J connectivity index is 1.57. The van der Waals surface area contributed by atoms with Crippen LogP contribution in [0.2, 0.25) is 5.02 Å². The molecule has 1 saturated heterocycles. The predicted molar refractivity (Wildman–Crippen MR) is 125 cm³/mol. The second-order valence-electron chi connectivity index (χ2n) is 7.79. The van der Waals surface area contributed by atoms with Crippen LogP contribution in [0.1, 0.15) is 19.3 Å². The monoisotopic (exact) mass is 505 g/mol. The molecule has 0 spiro atoms. The topological polar surface area (TPSA) is 145 Å². The summed E-state index contributed by atoms with van der Waals surface area (Å²) in [7, 11) is -3.73. The maximum atomic E-state index is 12.9. The van der Waals surface area contributed by atoms with Gasteiger partial charge in [-0.2, -0.15) is 4.31 Å². The lowest BCUT2D eigenvalue weighted by molar-refractivity contribution is -0.384. The summed E-state index contributed by atoms with van der Waals surface area (Å²) < 4.78 is 28.3. The van der Waals surface area contributed by atoms with E-state index < -0.39 is 33.0 Å². The van der Waals surface area contributed by atoms with Crippen molar-refractivity contribution in [3.63, 3.8) is 0 Å². The molecule has 0 unspecified atom stereocenters. The van der Waals surface area contributed by atoms with Gasteiger partial charge in [-0.25, -0.2) is 13.4 Å². The number of rotatable bonds is 6. The van der Waals surface area contributed by atoms with Crippen molar-refractivity contribution < 1.29 is 18.1 Å². The van der Waals surface area contributed by atoms with Crippen LogP contribution >= 0.6 is 11.6 Å². The fourth-order valence-corrected chi connectivity index (χ4v) is 5.44. The molecule has 0 bridgehead atoms. The molecule has 1 N–H and O–H groups in total. The number of hydrogen-bond acceptors (Lipinski definition) is 7. The fraction of sp³-hybridized carbons (Fsp3) is 0.286. The third-order valence-corrected chi connectivity index (χ3v) is 7.72. The number of anilines is 1. The van der Waals surface area contributed by atoms with Gasteiger partial charge < -0.3 is 5.32 Å². The van der Waals surface area contributed by atoms with Crippen molar-refractivity contribution in [1.29, 1.82) is 0 Å². The summed E-state index contributed by atoms with van der Waals surface area (Å²) in [5, 5.41) is 13.7. The van der Waals surface area contributed by atoms with Gasteiger partial charge in [0, 0.05) is 25.2 Å². The van der Waals surface area contributed by atoms with E-state index in [1.54, 1.807) is 0 Å². The lowest BCUT2D eigenvalue weighted by Crippen LogP contribution is -2.35. The van der Waals surface area contributed by atoms with Crippen molar-refractivity contribution in [3.05, 3.63) is 68.2 Å². The molecule has 3 aromatic rings. The van der Waals surface area contributed by atoms with Crippen LogP contribution < -0.4 is 10.9 Å². The third-order valence-electron chi connectivity index (χ3n) is 5.50. The minimum Gasteiger partial charge on any atom is -0.323 e. The lowest BCUT2D eigenvalue weighted by Gasteiger charge is -2.26. The van der Waals surface area contributed by atoms with Gasteiger partial charge in [0.25, 0.3) is 11.2 Å². The minimum absolute atomic E-state index is 0.00263. The van der Waals surface area contributed by atoms with Crippen LogP contribution in [0.3, 0.4) is 0 Å². The van der Waals surface area contributed by atoms with Gasteiger partial charge in [-0.05, 0) is 37.1 Å². The summed E-state index contributed by atoms with van der Waals surface area (Å²) in [6.45, 7) is 0.412. The molecule has 1 fully saturated rings. The molecule has 178 valence electrons. The molecule has 1 amide bonds. The zero-order chi connectivity index (χ0) is 24.5. The van der Waals surface area contributed by atoms with Gasteiger partial charge >= 0.3 is 0 Å². The fourth-order valence-electron chi connectivity index (χ4n) is 3.73. The average Bonchev–Trinajstić information content (AvgIpc) is 2.82. The van der Waals surface area contributed by atoms with Crippen LogP contribution in [0, 0.1) is 10.1 Å². The first-order valence-corrected chi connectivity index (χ1v) is 12.2. The molecular weight excluding hydrogens is 486 g/mol. The number of benzene rings is 2. The van der Waals surface area contributed by atoms with Crippen LogP contribution in [-0.2, 0) is 21.4 Å². The lowest BCUT2D eigenvalue weighted by atomic mass is 10.2. The second kappa shape index (κ2) is 9.49. The molecule has 1 aromatic heterocycles. The highest BCUT2D eigenvalue weighted by atomic mass is 35.5. The number of hydrogen-bond donors (Lipinski definition) is 1. The summed E-state index contributed by atoms with van der Waals surface area (Å²) in [4.78, 5) is 39.8. The number of amides is 1. The SMILES string of the molecule is O=C(Cn1cnc2ccc([N+](=O)[O-])cc2c1=O)Nc1cc(S(=O)(=O)N2CCCCC2)ccc1Cl. The number of nitrogens with one attached hydrogen (secondary N) is 1. The molecule has 13 heteroatoms. The Bertz CT molecular complexity index is 1450. The van der Waals surface area contributed by atoms with E-state index in [-0.39, 0.29) is 32.2 Å². The third kappa shape index (κ3) is 4.79. The van der Waals surface area contributed by atoms with Crippen molar-refractivity contribution in [2.45, 2.75) is 30.7 Å². The van der Waals surface area contributed by atoms with Crippen molar-refractivity contribution in [2.24, 2.45) is 0 Å². The van der Waals surface area contributed by atoms with Crippen LogP contribution in [-0.4, -0.2) is 46.2 Å². The Labute approximate surface area is 199 Å². The first-order chi connectivity index (χ1) is 16.2. The second-order valence-corrected chi connectivity index (χ2v) is 10.1.